The van der Waals surface area contributed by atoms with Crippen molar-refractivity contribution in [3.63, 3.8) is 0 Å². The second-order valence-electron chi connectivity index (χ2n) is 6.88. The minimum Gasteiger partial charge on any atom is -0.103 e. The molecule has 4 aliphatic carbocycles. The minimum atomic E-state index is 0.742. The molecule has 6 atom stereocenters. The lowest BCUT2D eigenvalue weighted by Gasteiger charge is -2.52. The summed E-state index contributed by atoms with van der Waals surface area (Å²) in [4.78, 5) is 0. The van der Waals surface area contributed by atoms with Crippen molar-refractivity contribution in [2.75, 3.05) is 0 Å². The van der Waals surface area contributed by atoms with E-state index in [0.717, 1.165) is 34.5 Å². The van der Waals surface area contributed by atoms with Crippen molar-refractivity contribution < 1.29 is 0 Å². The van der Waals surface area contributed by atoms with Gasteiger partial charge in [0.25, 0.3) is 0 Å². The molecule has 0 heteroatoms. The maximum Gasteiger partial charge on any atom is -0.0199 e. The van der Waals surface area contributed by atoms with Crippen LogP contribution < -0.4 is 0 Å². The van der Waals surface area contributed by atoms with Crippen molar-refractivity contribution in [3.05, 3.63) is 12.7 Å². The lowest BCUT2D eigenvalue weighted by molar-refractivity contribution is -0.0371. The molecule has 0 saturated heterocycles. The third-order valence-corrected chi connectivity index (χ3v) is 6.34. The maximum atomic E-state index is 4.06. The Morgan fingerprint density at radius 3 is 2.79 bits per heavy atom. The van der Waals surface area contributed by atoms with Crippen molar-refractivity contribution in [1.29, 1.82) is 0 Å². The molecule has 0 aromatic carbocycles. The number of rotatable bonds is 1. The first-order chi connectivity index (χ1) is 6.68. The van der Waals surface area contributed by atoms with Crippen LogP contribution in [0.5, 0.6) is 0 Å². The third-order valence-electron chi connectivity index (χ3n) is 6.34. The molecule has 0 radical (unpaired) electrons. The van der Waals surface area contributed by atoms with E-state index < -0.39 is 0 Å². The monoisotopic (exact) mass is 188 g/mol. The normalized spacial score (nSPS) is 67.8. The predicted octanol–water partition coefficient (Wildman–Crippen LogP) is 3.63. The van der Waals surface area contributed by atoms with E-state index in [4.69, 9.17) is 0 Å². The van der Waals surface area contributed by atoms with Crippen molar-refractivity contribution in [1.82, 2.24) is 0 Å². The topological polar surface area (TPSA) is 0 Å². The van der Waals surface area contributed by atoms with E-state index in [0.29, 0.717) is 0 Å². The van der Waals surface area contributed by atoms with Gasteiger partial charge in [0.2, 0.25) is 0 Å². The Balaban J connectivity index is 1.83. The Kier molecular flexibility index (Phi) is 1.13. The highest BCUT2D eigenvalue weighted by atomic mass is 14.8. The van der Waals surface area contributed by atoms with E-state index in [1.165, 1.54) is 12.8 Å². The Morgan fingerprint density at radius 2 is 2.07 bits per heavy atom. The smallest absolute Gasteiger partial charge is 0.0199 e. The summed E-state index contributed by atoms with van der Waals surface area (Å²) in [6, 6.07) is 0. The van der Waals surface area contributed by atoms with E-state index >= 15 is 0 Å². The van der Waals surface area contributed by atoms with Crippen molar-refractivity contribution in [2.45, 2.75) is 39.0 Å². The van der Waals surface area contributed by atoms with Gasteiger partial charge in [0.15, 0.2) is 0 Å². The molecule has 4 saturated carbocycles. The SMILES string of the molecule is C=CC1CC2CC3CC4(C)CC1C23C4. The summed E-state index contributed by atoms with van der Waals surface area (Å²) in [5.41, 5.74) is 1.58. The molecule has 0 aliphatic heterocycles. The second-order valence-corrected chi connectivity index (χ2v) is 6.88. The fourth-order valence-corrected chi connectivity index (χ4v) is 6.16. The highest BCUT2D eigenvalue weighted by Gasteiger charge is 2.74. The number of fused-ring (bicyclic) bond motifs is 1. The lowest BCUT2D eigenvalue weighted by atomic mass is 9.52. The van der Waals surface area contributed by atoms with Gasteiger partial charge in [-0.25, -0.2) is 0 Å². The van der Waals surface area contributed by atoms with Crippen molar-refractivity contribution in [2.24, 2.45) is 34.5 Å². The van der Waals surface area contributed by atoms with Gasteiger partial charge < -0.3 is 0 Å². The van der Waals surface area contributed by atoms with E-state index in [2.05, 4.69) is 19.6 Å². The van der Waals surface area contributed by atoms with Crippen LogP contribution in [0.15, 0.2) is 12.7 Å². The maximum absolute atomic E-state index is 4.06. The Morgan fingerprint density at radius 1 is 1.21 bits per heavy atom. The van der Waals surface area contributed by atoms with Crippen LogP contribution in [-0.4, -0.2) is 0 Å². The van der Waals surface area contributed by atoms with Gasteiger partial charge in [0, 0.05) is 0 Å². The summed E-state index contributed by atoms with van der Waals surface area (Å²) in [5, 5.41) is 0. The highest BCUT2D eigenvalue weighted by molar-refractivity contribution is 5.25. The molecule has 76 valence electrons. The summed E-state index contributed by atoms with van der Waals surface area (Å²) >= 11 is 0. The van der Waals surface area contributed by atoms with Gasteiger partial charge >= 0.3 is 0 Å². The molecule has 0 nitrogen and oxygen atoms in total. The van der Waals surface area contributed by atoms with Crippen molar-refractivity contribution in [3.8, 4) is 0 Å². The average molecular weight is 188 g/mol. The van der Waals surface area contributed by atoms with Gasteiger partial charge in [-0.15, -0.1) is 6.58 Å². The van der Waals surface area contributed by atoms with Gasteiger partial charge in [-0.05, 0) is 66.6 Å². The van der Waals surface area contributed by atoms with Crippen LogP contribution in [-0.2, 0) is 0 Å². The van der Waals surface area contributed by atoms with Crippen LogP contribution in [0, 0.1) is 34.5 Å². The van der Waals surface area contributed by atoms with Crippen LogP contribution in [0.4, 0.5) is 0 Å². The summed E-state index contributed by atoms with van der Waals surface area (Å²) in [7, 11) is 0. The van der Waals surface area contributed by atoms with Gasteiger partial charge in [-0.2, -0.15) is 0 Å². The van der Waals surface area contributed by atoms with E-state index in [1.54, 1.807) is 19.3 Å². The molecule has 6 unspecified atom stereocenters. The van der Waals surface area contributed by atoms with Crippen molar-refractivity contribution >= 4 is 0 Å². The molecule has 0 N–H and O–H groups in total. The molecule has 0 aromatic heterocycles. The van der Waals surface area contributed by atoms with Gasteiger partial charge in [-0.1, -0.05) is 13.0 Å². The number of hydrogen-bond donors (Lipinski definition) is 0. The first kappa shape index (κ1) is 7.96. The summed E-state index contributed by atoms with van der Waals surface area (Å²) in [6.45, 7) is 6.61. The predicted molar refractivity (Wildman–Crippen MR) is 57.8 cm³/mol. The molecule has 2 bridgehead atoms. The molecule has 4 fully saturated rings. The first-order valence-corrected chi connectivity index (χ1v) is 6.30. The van der Waals surface area contributed by atoms with Crippen LogP contribution in [0.1, 0.15) is 39.0 Å². The third kappa shape index (κ3) is 0.594. The van der Waals surface area contributed by atoms with Crippen LogP contribution in [0.3, 0.4) is 0 Å². The number of allylic oxidation sites excluding steroid dienone is 1. The van der Waals surface area contributed by atoms with Gasteiger partial charge in [-0.3, -0.25) is 0 Å². The zero-order valence-electron chi connectivity index (χ0n) is 9.13. The zero-order valence-corrected chi connectivity index (χ0v) is 9.13. The molecule has 0 heterocycles. The highest BCUT2D eigenvalue weighted by Crippen LogP contribution is 2.82. The first-order valence-electron chi connectivity index (χ1n) is 6.30. The molecule has 0 aromatic rings. The second kappa shape index (κ2) is 1.99. The quantitative estimate of drug-likeness (QED) is 0.551. The fourth-order valence-electron chi connectivity index (χ4n) is 6.16. The van der Waals surface area contributed by atoms with Crippen LogP contribution >= 0.6 is 0 Å². The fraction of sp³-hybridized carbons (Fsp3) is 0.857. The molecule has 4 rings (SSSR count). The Hall–Kier alpha value is -0.260. The van der Waals surface area contributed by atoms with Gasteiger partial charge in [0.1, 0.15) is 0 Å². The van der Waals surface area contributed by atoms with Crippen LogP contribution in [0.2, 0.25) is 0 Å². The molecule has 4 aliphatic rings. The molecule has 1 spiro atoms. The Bertz CT molecular complexity index is 318. The van der Waals surface area contributed by atoms with E-state index in [-0.39, 0.29) is 0 Å². The Labute approximate surface area is 86.8 Å². The largest absolute Gasteiger partial charge is 0.103 e. The summed E-state index contributed by atoms with van der Waals surface area (Å²) in [5.74, 6) is 4.15. The summed E-state index contributed by atoms with van der Waals surface area (Å²) < 4.78 is 0. The number of hydrogen-bond acceptors (Lipinski definition) is 0. The average Bonchev–Trinajstić information content (AvgIpc) is 2.66. The molecular formula is C14H20. The molecular weight excluding hydrogens is 168 g/mol. The minimum absolute atomic E-state index is 0.742. The van der Waals surface area contributed by atoms with Crippen LogP contribution in [0.25, 0.3) is 0 Å². The standard InChI is InChI=1S/C14H20/c1-3-9-4-10-5-11-6-13(2)7-12(9)14(10,11)8-13/h3,9-12H,1,4-8H2,2H3. The molecule has 14 heavy (non-hydrogen) atoms. The zero-order chi connectivity index (χ0) is 9.55. The van der Waals surface area contributed by atoms with E-state index in [1.807, 2.05) is 0 Å². The van der Waals surface area contributed by atoms with E-state index in [9.17, 15) is 0 Å². The summed E-state index contributed by atoms with van der Waals surface area (Å²) in [6.07, 6.45) is 9.99. The molecule has 0 amide bonds. The lowest BCUT2D eigenvalue weighted by Crippen LogP contribution is -2.45. The van der Waals surface area contributed by atoms with Gasteiger partial charge in [0.05, 0.1) is 0 Å².